The van der Waals surface area contributed by atoms with E-state index in [4.69, 9.17) is 4.74 Å². The summed E-state index contributed by atoms with van der Waals surface area (Å²) < 4.78 is 32.1. The molecule has 0 aromatic heterocycles. The van der Waals surface area contributed by atoms with E-state index in [0.717, 1.165) is 9.87 Å². The molecule has 0 saturated carbocycles. The van der Waals surface area contributed by atoms with Gasteiger partial charge in [0.2, 0.25) is 0 Å². The summed E-state index contributed by atoms with van der Waals surface area (Å²) in [6.45, 7) is 3.33. The van der Waals surface area contributed by atoms with Crippen LogP contribution in [0.4, 0.5) is 11.4 Å². The predicted molar refractivity (Wildman–Crippen MR) is 123 cm³/mol. The third kappa shape index (κ3) is 5.15. The number of hydrogen-bond acceptors (Lipinski definition) is 5. The van der Waals surface area contributed by atoms with Crippen molar-refractivity contribution >= 4 is 33.3 Å². The molecule has 8 heteroatoms. The van der Waals surface area contributed by atoms with E-state index in [1.807, 2.05) is 19.1 Å². The predicted octanol–water partition coefficient (Wildman–Crippen LogP) is 4.00. The van der Waals surface area contributed by atoms with E-state index in [2.05, 4.69) is 5.32 Å². The van der Waals surface area contributed by atoms with E-state index >= 15 is 0 Å². The van der Waals surface area contributed by atoms with Gasteiger partial charge >= 0.3 is 5.97 Å². The first-order valence-electron chi connectivity index (χ1n) is 9.91. The van der Waals surface area contributed by atoms with Gasteiger partial charge in [-0.2, -0.15) is 0 Å². The largest absolute Gasteiger partial charge is 0.449 e. The number of aryl methyl sites for hydroxylation is 1. The summed E-state index contributed by atoms with van der Waals surface area (Å²) in [6.07, 6.45) is -1.03. The molecule has 0 radical (unpaired) electrons. The van der Waals surface area contributed by atoms with Crippen LogP contribution in [0.1, 0.15) is 22.8 Å². The molecule has 0 spiro atoms. The summed E-state index contributed by atoms with van der Waals surface area (Å²) in [7, 11) is -2.33. The second-order valence-corrected chi connectivity index (χ2v) is 9.15. The van der Waals surface area contributed by atoms with Gasteiger partial charge in [0.1, 0.15) is 0 Å². The summed E-state index contributed by atoms with van der Waals surface area (Å²) in [4.78, 5) is 24.8. The van der Waals surface area contributed by atoms with E-state index < -0.39 is 28.0 Å². The molecule has 0 heterocycles. The Bertz CT molecular complexity index is 1210. The number of hydrogen-bond donors (Lipinski definition) is 1. The average Bonchev–Trinajstić information content (AvgIpc) is 2.80. The van der Waals surface area contributed by atoms with Crippen LogP contribution in [0.5, 0.6) is 0 Å². The average molecular weight is 453 g/mol. The normalized spacial score (nSPS) is 12.0. The summed E-state index contributed by atoms with van der Waals surface area (Å²) in [6, 6.07) is 21.3. The number of benzene rings is 3. The van der Waals surface area contributed by atoms with Crippen LogP contribution in [0.25, 0.3) is 0 Å². The molecule has 0 fully saturated rings. The quantitative estimate of drug-likeness (QED) is 0.547. The molecule has 1 amide bonds. The maximum absolute atomic E-state index is 12.8. The van der Waals surface area contributed by atoms with Crippen molar-refractivity contribution in [3.63, 3.8) is 0 Å². The molecule has 32 heavy (non-hydrogen) atoms. The van der Waals surface area contributed by atoms with E-state index in [-0.39, 0.29) is 10.5 Å². The fourth-order valence-corrected chi connectivity index (χ4v) is 4.12. The standard InChI is InChI=1S/C24H24N2O5S/c1-17-9-7-8-12-22(17)25-23(27)18(2)31-24(28)19-13-15-21(16-14-19)32(29,30)26(3)20-10-5-4-6-11-20/h4-16,18H,1-3H3,(H,25,27)/t18-/m1/s1. The molecule has 3 rings (SSSR count). The molecule has 3 aromatic rings. The van der Waals surface area contributed by atoms with Gasteiger partial charge < -0.3 is 10.1 Å². The van der Waals surface area contributed by atoms with E-state index in [1.54, 1.807) is 42.5 Å². The maximum Gasteiger partial charge on any atom is 0.338 e. The number of rotatable bonds is 7. The number of sulfonamides is 1. The number of carbonyl (C=O) groups is 2. The topological polar surface area (TPSA) is 92.8 Å². The molecule has 0 unspecified atom stereocenters. The number of anilines is 2. The highest BCUT2D eigenvalue weighted by Gasteiger charge is 2.23. The Kier molecular flexibility index (Phi) is 6.95. The van der Waals surface area contributed by atoms with Crippen molar-refractivity contribution < 1.29 is 22.7 Å². The number of para-hydroxylation sites is 2. The Balaban J connectivity index is 1.67. The molecule has 166 valence electrons. The van der Waals surface area contributed by atoms with Gasteiger partial charge in [-0.1, -0.05) is 36.4 Å². The van der Waals surface area contributed by atoms with Crippen molar-refractivity contribution in [1.29, 1.82) is 0 Å². The summed E-state index contributed by atoms with van der Waals surface area (Å²) in [5.74, 6) is -1.19. The number of esters is 1. The van der Waals surface area contributed by atoms with Gasteiger partial charge in [0.05, 0.1) is 16.1 Å². The highest BCUT2D eigenvalue weighted by molar-refractivity contribution is 7.92. The first kappa shape index (κ1) is 23.0. The minimum atomic E-state index is -3.79. The van der Waals surface area contributed by atoms with E-state index in [1.165, 1.54) is 38.2 Å². The van der Waals surface area contributed by atoms with Crippen molar-refractivity contribution in [2.45, 2.75) is 24.8 Å². The number of nitrogens with zero attached hydrogens (tertiary/aromatic N) is 1. The Hall–Kier alpha value is -3.65. The van der Waals surface area contributed by atoms with Crippen molar-refractivity contribution in [2.24, 2.45) is 0 Å². The van der Waals surface area contributed by atoms with Gasteiger partial charge in [0, 0.05) is 12.7 Å². The van der Waals surface area contributed by atoms with Crippen LogP contribution >= 0.6 is 0 Å². The first-order chi connectivity index (χ1) is 15.2. The molecule has 0 aliphatic carbocycles. The molecule has 0 bridgehead atoms. The monoisotopic (exact) mass is 452 g/mol. The fraction of sp³-hybridized carbons (Fsp3) is 0.167. The minimum absolute atomic E-state index is 0.0331. The number of ether oxygens (including phenoxy) is 1. The number of carbonyl (C=O) groups excluding carboxylic acids is 2. The summed E-state index contributed by atoms with van der Waals surface area (Å²) in [5.41, 5.74) is 2.18. The lowest BCUT2D eigenvalue weighted by Crippen LogP contribution is -2.30. The van der Waals surface area contributed by atoms with Gasteiger partial charge in [0.15, 0.2) is 6.10 Å². The van der Waals surface area contributed by atoms with Crippen molar-refractivity contribution in [2.75, 3.05) is 16.7 Å². The summed E-state index contributed by atoms with van der Waals surface area (Å²) >= 11 is 0. The number of amides is 1. The molecule has 1 N–H and O–H groups in total. The summed E-state index contributed by atoms with van der Waals surface area (Å²) in [5, 5.41) is 2.72. The van der Waals surface area contributed by atoms with E-state index in [9.17, 15) is 18.0 Å². The van der Waals surface area contributed by atoms with Crippen LogP contribution in [0.15, 0.2) is 83.8 Å². The van der Waals surface area contributed by atoms with Crippen LogP contribution in [0.3, 0.4) is 0 Å². The van der Waals surface area contributed by atoms with Crippen LogP contribution in [0, 0.1) is 6.92 Å². The van der Waals surface area contributed by atoms with Gasteiger partial charge in [0.25, 0.3) is 15.9 Å². The molecular weight excluding hydrogens is 428 g/mol. The van der Waals surface area contributed by atoms with Gasteiger partial charge in [-0.15, -0.1) is 0 Å². The van der Waals surface area contributed by atoms with Gasteiger partial charge in [-0.05, 0) is 61.9 Å². The van der Waals surface area contributed by atoms with Gasteiger partial charge in [-0.25, -0.2) is 13.2 Å². The zero-order valence-corrected chi connectivity index (χ0v) is 18.8. The Labute approximate surface area is 187 Å². The number of nitrogens with one attached hydrogen (secondary N) is 1. The highest BCUT2D eigenvalue weighted by atomic mass is 32.2. The third-order valence-corrected chi connectivity index (χ3v) is 6.72. The zero-order chi connectivity index (χ0) is 23.3. The SMILES string of the molecule is Cc1ccccc1NC(=O)[C@@H](C)OC(=O)c1ccc(S(=O)(=O)N(C)c2ccccc2)cc1. The van der Waals surface area contributed by atoms with Crippen molar-refractivity contribution in [1.82, 2.24) is 0 Å². The third-order valence-electron chi connectivity index (χ3n) is 4.92. The Morgan fingerprint density at radius 3 is 2.12 bits per heavy atom. The molecule has 0 aliphatic heterocycles. The lowest BCUT2D eigenvalue weighted by Gasteiger charge is -2.19. The fourth-order valence-electron chi connectivity index (χ4n) is 2.93. The molecule has 1 atom stereocenters. The molecule has 3 aromatic carbocycles. The minimum Gasteiger partial charge on any atom is -0.449 e. The van der Waals surface area contributed by atoms with E-state index in [0.29, 0.717) is 11.4 Å². The maximum atomic E-state index is 12.8. The molecule has 0 saturated heterocycles. The smallest absolute Gasteiger partial charge is 0.338 e. The Morgan fingerprint density at radius 1 is 0.906 bits per heavy atom. The first-order valence-corrected chi connectivity index (χ1v) is 11.4. The van der Waals surface area contributed by atoms with Crippen molar-refractivity contribution in [3.8, 4) is 0 Å². The van der Waals surface area contributed by atoms with Crippen LogP contribution < -0.4 is 9.62 Å². The second kappa shape index (κ2) is 9.65. The molecular formula is C24H24N2O5S. The lowest BCUT2D eigenvalue weighted by atomic mass is 10.2. The molecule has 0 aliphatic rings. The van der Waals surface area contributed by atoms with Crippen LogP contribution in [0.2, 0.25) is 0 Å². The van der Waals surface area contributed by atoms with Crippen molar-refractivity contribution in [3.05, 3.63) is 90.0 Å². The highest BCUT2D eigenvalue weighted by Crippen LogP contribution is 2.22. The lowest BCUT2D eigenvalue weighted by molar-refractivity contribution is -0.123. The Morgan fingerprint density at radius 2 is 1.50 bits per heavy atom. The zero-order valence-electron chi connectivity index (χ0n) is 18.0. The van der Waals surface area contributed by atoms with Crippen LogP contribution in [-0.4, -0.2) is 33.4 Å². The van der Waals surface area contributed by atoms with Gasteiger partial charge in [-0.3, -0.25) is 9.10 Å². The molecule has 7 nitrogen and oxygen atoms in total. The second-order valence-electron chi connectivity index (χ2n) is 7.18. The van der Waals surface area contributed by atoms with Crippen LogP contribution in [-0.2, 0) is 19.6 Å².